The summed E-state index contributed by atoms with van der Waals surface area (Å²) in [5, 5.41) is 9.00. The van der Waals surface area contributed by atoms with Crippen LogP contribution in [0.5, 0.6) is 0 Å². The lowest BCUT2D eigenvalue weighted by atomic mass is 9.54. The average molecular weight is 415 g/mol. The van der Waals surface area contributed by atoms with Crippen molar-refractivity contribution < 1.29 is 4.79 Å². The van der Waals surface area contributed by atoms with Crippen LogP contribution in [0.2, 0.25) is 0 Å². The number of carbonyl (C=O) groups is 1. The third kappa shape index (κ3) is 3.17. The number of rotatable bonds is 4. The molecule has 0 radical (unpaired) electrons. The highest BCUT2D eigenvalue weighted by Gasteiger charge is 2.48. The van der Waals surface area contributed by atoms with Crippen LogP contribution in [0.1, 0.15) is 55.1 Å². The van der Waals surface area contributed by atoms with E-state index in [-0.39, 0.29) is 5.91 Å². The molecular weight excluding hydrogens is 384 g/mol. The number of fused-ring (bicyclic) bond motifs is 1. The molecular formula is C26H30N4O. The molecule has 160 valence electrons. The number of hydrogen-bond acceptors (Lipinski definition) is 3. The second-order valence-electron chi connectivity index (χ2n) is 9.99. The first-order chi connectivity index (χ1) is 15.1. The molecule has 0 saturated heterocycles. The molecule has 0 spiro atoms. The average Bonchev–Trinajstić information content (AvgIpc) is 3.15. The lowest BCUT2D eigenvalue weighted by molar-refractivity contribution is -0.0119. The standard InChI is InChI=1S/C26H30N4O/c1-3-30-14-22(15(2)29-30)24-13-21(20-6-4-5-7-23(20)27-24)26(31)28-25-18-9-16-8-17(11-18)12-19(25)10-16/h4-7,13-14,16-19,25H,3,8-12H2,1-2H3,(H,28,31). The number of carbonyl (C=O) groups excluding carboxylic acids is 1. The van der Waals surface area contributed by atoms with Gasteiger partial charge in [-0.05, 0) is 81.8 Å². The first-order valence-corrected chi connectivity index (χ1v) is 11.8. The third-order valence-corrected chi connectivity index (χ3v) is 8.03. The summed E-state index contributed by atoms with van der Waals surface area (Å²) in [6.07, 6.45) is 8.67. The Morgan fingerprint density at radius 1 is 1.10 bits per heavy atom. The Bertz CT molecular complexity index is 1140. The molecule has 4 fully saturated rings. The van der Waals surface area contributed by atoms with Crippen LogP contribution < -0.4 is 5.32 Å². The molecule has 3 aromatic rings. The second kappa shape index (κ2) is 7.18. The second-order valence-corrected chi connectivity index (χ2v) is 9.99. The van der Waals surface area contributed by atoms with Gasteiger partial charge in [0.1, 0.15) is 0 Å². The molecule has 4 bridgehead atoms. The van der Waals surface area contributed by atoms with Crippen LogP contribution in [-0.2, 0) is 6.54 Å². The van der Waals surface area contributed by atoms with E-state index in [1.54, 1.807) is 0 Å². The Morgan fingerprint density at radius 2 is 1.81 bits per heavy atom. The molecule has 2 aromatic heterocycles. The van der Waals surface area contributed by atoms with Crippen LogP contribution in [-0.4, -0.2) is 26.7 Å². The highest BCUT2D eigenvalue weighted by atomic mass is 16.1. The fraction of sp³-hybridized carbons (Fsp3) is 0.500. The summed E-state index contributed by atoms with van der Waals surface area (Å²) in [6.45, 7) is 4.90. The van der Waals surface area contributed by atoms with Crippen LogP contribution in [0.3, 0.4) is 0 Å². The number of nitrogens with zero attached hydrogens (tertiary/aromatic N) is 3. The first-order valence-electron chi connectivity index (χ1n) is 11.8. The fourth-order valence-electron chi connectivity index (χ4n) is 6.82. The van der Waals surface area contributed by atoms with E-state index in [9.17, 15) is 4.79 Å². The Morgan fingerprint density at radius 3 is 2.48 bits per heavy atom. The van der Waals surface area contributed by atoms with Crippen molar-refractivity contribution >= 4 is 16.8 Å². The topological polar surface area (TPSA) is 59.8 Å². The molecule has 4 aliphatic rings. The Kier molecular flexibility index (Phi) is 4.41. The first kappa shape index (κ1) is 19.0. The quantitative estimate of drug-likeness (QED) is 0.655. The van der Waals surface area contributed by atoms with Gasteiger partial charge in [-0.2, -0.15) is 5.10 Å². The van der Waals surface area contributed by atoms with Crippen molar-refractivity contribution in [1.82, 2.24) is 20.1 Å². The molecule has 4 aliphatic carbocycles. The van der Waals surface area contributed by atoms with E-state index < -0.39 is 0 Å². The summed E-state index contributed by atoms with van der Waals surface area (Å²) < 4.78 is 1.93. The SMILES string of the molecule is CCn1cc(-c2cc(C(=O)NC3C4CC5CC(C4)CC3C5)c3ccccc3n2)c(C)n1. The Balaban J connectivity index is 1.37. The minimum Gasteiger partial charge on any atom is -0.349 e. The molecule has 5 nitrogen and oxygen atoms in total. The van der Waals surface area contributed by atoms with Gasteiger partial charge in [0.25, 0.3) is 5.91 Å². The molecule has 1 amide bonds. The van der Waals surface area contributed by atoms with E-state index in [0.29, 0.717) is 17.9 Å². The van der Waals surface area contributed by atoms with Gasteiger partial charge in [-0.25, -0.2) is 4.98 Å². The maximum Gasteiger partial charge on any atom is 0.252 e. The molecule has 1 N–H and O–H groups in total. The van der Waals surface area contributed by atoms with Crippen molar-refractivity contribution in [3.8, 4) is 11.3 Å². The van der Waals surface area contributed by atoms with Crippen LogP contribution in [0.25, 0.3) is 22.2 Å². The van der Waals surface area contributed by atoms with Crippen LogP contribution in [0.4, 0.5) is 0 Å². The summed E-state index contributed by atoms with van der Waals surface area (Å²) >= 11 is 0. The van der Waals surface area contributed by atoms with Crippen LogP contribution in [0.15, 0.2) is 36.5 Å². The minimum absolute atomic E-state index is 0.0536. The van der Waals surface area contributed by atoms with E-state index in [1.165, 1.54) is 32.1 Å². The monoisotopic (exact) mass is 414 g/mol. The van der Waals surface area contributed by atoms with Gasteiger partial charge in [-0.1, -0.05) is 18.2 Å². The van der Waals surface area contributed by atoms with E-state index >= 15 is 0 Å². The summed E-state index contributed by atoms with van der Waals surface area (Å²) in [7, 11) is 0. The van der Waals surface area contributed by atoms with Gasteiger partial charge >= 0.3 is 0 Å². The number of para-hydroxylation sites is 1. The van der Waals surface area contributed by atoms with Gasteiger partial charge in [0.05, 0.1) is 22.5 Å². The molecule has 1 aromatic carbocycles. The minimum atomic E-state index is 0.0536. The molecule has 0 aliphatic heterocycles. The maximum atomic E-state index is 13.6. The van der Waals surface area contributed by atoms with Gasteiger partial charge in [-0.15, -0.1) is 0 Å². The zero-order chi connectivity index (χ0) is 21.1. The zero-order valence-corrected chi connectivity index (χ0v) is 18.3. The number of amides is 1. The normalized spacial score (nSPS) is 28.9. The smallest absolute Gasteiger partial charge is 0.252 e. The lowest BCUT2D eigenvalue weighted by Crippen LogP contribution is -2.55. The highest BCUT2D eigenvalue weighted by molar-refractivity contribution is 6.07. The summed E-state index contributed by atoms with van der Waals surface area (Å²) in [4.78, 5) is 18.5. The van der Waals surface area contributed by atoms with E-state index in [4.69, 9.17) is 4.98 Å². The predicted molar refractivity (Wildman–Crippen MR) is 122 cm³/mol. The van der Waals surface area contributed by atoms with Crippen molar-refractivity contribution in [2.75, 3.05) is 0 Å². The molecule has 0 unspecified atom stereocenters. The van der Waals surface area contributed by atoms with Crippen LogP contribution >= 0.6 is 0 Å². The van der Waals surface area contributed by atoms with E-state index in [2.05, 4.69) is 17.3 Å². The lowest BCUT2D eigenvalue weighted by Gasteiger charge is -2.54. The number of aryl methyl sites for hydroxylation is 2. The highest BCUT2D eigenvalue weighted by Crippen LogP contribution is 2.53. The van der Waals surface area contributed by atoms with Gasteiger partial charge in [0, 0.05) is 29.7 Å². The van der Waals surface area contributed by atoms with Crippen LogP contribution in [0, 0.1) is 30.6 Å². The zero-order valence-electron chi connectivity index (χ0n) is 18.3. The molecule has 31 heavy (non-hydrogen) atoms. The van der Waals surface area contributed by atoms with Gasteiger partial charge in [0.15, 0.2) is 0 Å². The van der Waals surface area contributed by atoms with Gasteiger partial charge < -0.3 is 5.32 Å². The largest absolute Gasteiger partial charge is 0.349 e. The molecule has 2 heterocycles. The van der Waals surface area contributed by atoms with E-state index in [1.807, 2.05) is 48.1 Å². The van der Waals surface area contributed by atoms with Gasteiger partial charge in [-0.3, -0.25) is 9.48 Å². The number of pyridine rings is 1. The van der Waals surface area contributed by atoms with Gasteiger partial charge in [0.2, 0.25) is 0 Å². The Labute approximate surface area is 183 Å². The molecule has 7 rings (SSSR count). The molecule has 5 heteroatoms. The maximum absolute atomic E-state index is 13.6. The summed E-state index contributed by atoms with van der Waals surface area (Å²) in [5.41, 5.74) is 4.36. The molecule has 4 saturated carbocycles. The predicted octanol–water partition coefficient (Wildman–Crippen LogP) is 4.98. The van der Waals surface area contributed by atoms with Crippen molar-refractivity contribution in [2.45, 2.75) is 58.5 Å². The number of benzene rings is 1. The third-order valence-electron chi connectivity index (χ3n) is 8.03. The van der Waals surface area contributed by atoms with Crippen molar-refractivity contribution in [2.24, 2.45) is 23.7 Å². The Hall–Kier alpha value is -2.69. The number of nitrogens with one attached hydrogen (secondary N) is 1. The van der Waals surface area contributed by atoms with Crippen molar-refractivity contribution in [3.63, 3.8) is 0 Å². The van der Waals surface area contributed by atoms with Crippen molar-refractivity contribution in [3.05, 3.63) is 47.8 Å². The summed E-state index contributed by atoms with van der Waals surface area (Å²) in [6, 6.07) is 10.3. The van der Waals surface area contributed by atoms with E-state index in [0.717, 1.165) is 51.8 Å². The molecule has 0 atom stereocenters. The van der Waals surface area contributed by atoms with Crippen molar-refractivity contribution in [1.29, 1.82) is 0 Å². The fourth-order valence-corrected chi connectivity index (χ4v) is 6.82. The number of hydrogen-bond donors (Lipinski definition) is 1. The number of aromatic nitrogens is 3. The summed E-state index contributed by atoms with van der Waals surface area (Å²) in [5.74, 6) is 3.19.